The molecule has 0 aromatic heterocycles. The predicted molar refractivity (Wildman–Crippen MR) is 68.1 cm³/mol. The number of carbonyl (C=O) groups excluding carboxylic acids is 2. The van der Waals surface area contributed by atoms with Crippen molar-refractivity contribution in [1.82, 2.24) is 10.2 Å². The third-order valence-electron chi connectivity index (χ3n) is 4.89. The van der Waals surface area contributed by atoms with Gasteiger partial charge in [0.1, 0.15) is 5.78 Å². The predicted octanol–water partition coefficient (Wildman–Crippen LogP) is 0.956. The van der Waals surface area contributed by atoms with Gasteiger partial charge in [0.15, 0.2) is 0 Å². The maximum atomic E-state index is 12.2. The van der Waals surface area contributed by atoms with E-state index in [9.17, 15) is 9.59 Å². The quantitative estimate of drug-likeness (QED) is 0.811. The van der Waals surface area contributed by atoms with Crippen LogP contribution >= 0.6 is 0 Å². The van der Waals surface area contributed by atoms with Crippen molar-refractivity contribution in [1.29, 1.82) is 0 Å². The molecule has 0 aromatic rings. The van der Waals surface area contributed by atoms with Gasteiger partial charge in [0.25, 0.3) is 0 Å². The molecular weight excluding hydrogens is 228 g/mol. The normalized spacial score (nSPS) is 33.4. The van der Waals surface area contributed by atoms with Gasteiger partial charge < -0.3 is 5.32 Å². The van der Waals surface area contributed by atoms with Gasteiger partial charge in [-0.1, -0.05) is 12.8 Å². The molecule has 100 valence electrons. The van der Waals surface area contributed by atoms with E-state index in [0.717, 1.165) is 38.8 Å². The number of hydrogen-bond donors (Lipinski definition) is 1. The van der Waals surface area contributed by atoms with Gasteiger partial charge in [0.05, 0.1) is 12.5 Å². The molecule has 1 amide bonds. The van der Waals surface area contributed by atoms with E-state index in [4.69, 9.17) is 0 Å². The zero-order chi connectivity index (χ0) is 12.5. The van der Waals surface area contributed by atoms with Crippen LogP contribution in [0.15, 0.2) is 0 Å². The van der Waals surface area contributed by atoms with Crippen LogP contribution in [0.2, 0.25) is 0 Å². The highest BCUT2D eigenvalue weighted by Gasteiger charge is 2.41. The standard InChI is InChI=1S/C14H22N2O2/c17-13(10-4-1-2-5-10)9-16-7-3-6-11-12(16)8-15-14(11)18/h10-12H,1-9H2,(H,15,18). The number of nitrogens with zero attached hydrogens (tertiary/aromatic N) is 1. The van der Waals surface area contributed by atoms with Crippen molar-refractivity contribution in [2.24, 2.45) is 11.8 Å². The lowest BCUT2D eigenvalue weighted by Gasteiger charge is -2.35. The van der Waals surface area contributed by atoms with Gasteiger partial charge in [-0.25, -0.2) is 0 Å². The van der Waals surface area contributed by atoms with E-state index in [1.54, 1.807) is 0 Å². The van der Waals surface area contributed by atoms with E-state index in [-0.39, 0.29) is 17.9 Å². The highest BCUT2D eigenvalue weighted by molar-refractivity contribution is 5.84. The fourth-order valence-electron chi connectivity index (χ4n) is 3.81. The second-order valence-electron chi connectivity index (χ2n) is 5.98. The average Bonchev–Trinajstić information content (AvgIpc) is 3.00. The number of hydrogen-bond acceptors (Lipinski definition) is 3. The maximum absolute atomic E-state index is 12.2. The van der Waals surface area contributed by atoms with Gasteiger partial charge >= 0.3 is 0 Å². The third kappa shape index (κ3) is 2.18. The first-order valence-electron chi connectivity index (χ1n) is 7.30. The van der Waals surface area contributed by atoms with Crippen LogP contribution in [0.4, 0.5) is 0 Å². The van der Waals surface area contributed by atoms with Crippen LogP contribution in [0.3, 0.4) is 0 Å². The van der Waals surface area contributed by atoms with Crippen LogP contribution in [-0.4, -0.2) is 42.3 Å². The molecule has 3 rings (SSSR count). The average molecular weight is 250 g/mol. The lowest BCUT2D eigenvalue weighted by Crippen LogP contribution is -2.48. The molecular formula is C14H22N2O2. The molecule has 0 aromatic carbocycles. The van der Waals surface area contributed by atoms with Crippen LogP contribution in [0.1, 0.15) is 38.5 Å². The fraction of sp³-hybridized carbons (Fsp3) is 0.857. The number of ketones is 1. The number of carbonyl (C=O) groups is 2. The van der Waals surface area contributed by atoms with Crippen molar-refractivity contribution in [2.75, 3.05) is 19.6 Å². The molecule has 2 unspecified atom stereocenters. The molecule has 1 N–H and O–H groups in total. The molecule has 4 nitrogen and oxygen atoms in total. The van der Waals surface area contributed by atoms with E-state index >= 15 is 0 Å². The monoisotopic (exact) mass is 250 g/mol. The Morgan fingerprint density at radius 1 is 1.22 bits per heavy atom. The highest BCUT2D eigenvalue weighted by atomic mass is 16.2. The number of fused-ring (bicyclic) bond motifs is 1. The summed E-state index contributed by atoms with van der Waals surface area (Å²) < 4.78 is 0. The van der Waals surface area contributed by atoms with Gasteiger partial charge in [0, 0.05) is 18.5 Å². The van der Waals surface area contributed by atoms with E-state index in [1.807, 2.05) is 0 Å². The SMILES string of the molecule is O=C(CN1CCCC2C(=O)NCC21)C1CCCC1. The Labute approximate surface area is 108 Å². The van der Waals surface area contributed by atoms with E-state index in [2.05, 4.69) is 10.2 Å². The smallest absolute Gasteiger partial charge is 0.224 e. The lowest BCUT2D eigenvalue weighted by molar-refractivity contribution is -0.128. The van der Waals surface area contributed by atoms with E-state index < -0.39 is 0 Å². The van der Waals surface area contributed by atoms with Crippen molar-refractivity contribution in [3.63, 3.8) is 0 Å². The van der Waals surface area contributed by atoms with Crippen molar-refractivity contribution < 1.29 is 9.59 Å². The number of nitrogens with one attached hydrogen (secondary N) is 1. The number of Topliss-reactive ketones (excluding diaryl/α,β-unsaturated/α-hetero) is 1. The fourth-order valence-corrected chi connectivity index (χ4v) is 3.81. The summed E-state index contributed by atoms with van der Waals surface area (Å²) in [5.41, 5.74) is 0. The van der Waals surface area contributed by atoms with Crippen molar-refractivity contribution in [3.05, 3.63) is 0 Å². The molecule has 3 aliphatic rings. The summed E-state index contributed by atoms with van der Waals surface area (Å²) in [6.45, 7) is 2.29. The summed E-state index contributed by atoms with van der Waals surface area (Å²) in [5, 5.41) is 2.94. The Hall–Kier alpha value is -0.900. The Morgan fingerprint density at radius 2 is 2.00 bits per heavy atom. The molecule has 2 atom stereocenters. The summed E-state index contributed by atoms with van der Waals surface area (Å²) in [6, 6.07) is 0.275. The van der Waals surface area contributed by atoms with Crippen molar-refractivity contribution in [2.45, 2.75) is 44.6 Å². The Balaban J connectivity index is 1.61. The molecule has 0 spiro atoms. The molecule has 18 heavy (non-hydrogen) atoms. The second-order valence-corrected chi connectivity index (χ2v) is 5.98. The summed E-state index contributed by atoms with van der Waals surface area (Å²) in [6.07, 6.45) is 6.62. The van der Waals surface area contributed by atoms with E-state index in [1.165, 1.54) is 12.8 Å². The first-order valence-corrected chi connectivity index (χ1v) is 7.30. The molecule has 3 fully saturated rings. The van der Waals surface area contributed by atoms with E-state index in [0.29, 0.717) is 18.2 Å². The minimum Gasteiger partial charge on any atom is -0.354 e. The number of amides is 1. The van der Waals surface area contributed by atoms with Gasteiger partial charge in [0.2, 0.25) is 5.91 Å². The van der Waals surface area contributed by atoms with Crippen molar-refractivity contribution in [3.8, 4) is 0 Å². The molecule has 2 saturated heterocycles. The second kappa shape index (κ2) is 5.00. The molecule has 2 aliphatic heterocycles. The summed E-state index contributed by atoms with van der Waals surface area (Å²) in [5.74, 6) is 1.04. The van der Waals surface area contributed by atoms with Crippen LogP contribution in [-0.2, 0) is 9.59 Å². The Kier molecular flexibility index (Phi) is 3.37. The largest absolute Gasteiger partial charge is 0.354 e. The number of rotatable bonds is 3. The summed E-state index contributed by atoms with van der Waals surface area (Å²) in [4.78, 5) is 26.2. The molecule has 4 heteroatoms. The first-order chi connectivity index (χ1) is 8.75. The van der Waals surface area contributed by atoms with Crippen LogP contribution in [0.5, 0.6) is 0 Å². The van der Waals surface area contributed by atoms with Gasteiger partial charge in [-0.3, -0.25) is 14.5 Å². The van der Waals surface area contributed by atoms with Gasteiger partial charge in [-0.15, -0.1) is 0 Å². The van der Waals surface area contributed by atoms with Gasteiger partial charge in [-0.2, -0.15) is 0 Å². The molecule has 1 aliphatic carbocycles. The molecule has 2 heterocycles. The molecule has 0 radical (unpaired) electrons. The highest BCUT2D eigenvalue weighted by Crippen LogP contribution is 2.29. The lowest BCUT2D eigenvalue weighted by atomic mass is 9.90. The summed E-state index contributed by atoms with van der Waals surface area (Å²) in [7, 11) is 0. The number of piperidine rings is 1. The Bertz CT molecular complexity index is 350. The van der Waals surface area contributed by atoms with Crippen LogP contribution in [0, 0.1) is 11.8 Å². The van der Waals surface area contributed by atoms with Crippen LogP contribution < -0.4 is 5.32 Å². The van der Waals surface area contributed by atoms with Crippen molar-refractivity contribution >= 4 is 11.7 Å². The molecule has 0 bridgehead atoms. The number of likely N-dealkylation sites (tertiary alicyclic amines) is 1. The third-order valence-corrected chi connectivity index (χ3v) is 4.89. The first kappa shape index (κ1) is 12.2. The summed E-state index contributed by atoms with van der Waals surface area (Å²) >= 11 is 0. The Morgan fingerprint density at radius 3 is 2.78 bits per heavy atom. The molecule has 1 saturated carbocycles. The zero-order valence-electron chi connectivity index (χ0n) is 10.9. The zero-order valence-corrected chi connectivity index (χ0v) is 10.9. The van der Waals surface area contributed by atoms with Crippen LogP contribution in [0.25, 0.3) is 0 Å². The minimum atomic E-state index is 0.134. The maximum Gasteiger partial charge on any atom is 0.224 e. The van der Waals surface area contributed by atoms with Gasteiger partial charge in [-0.05, 0) is 32.2 Å². The minimum absolute atomic E-state index is 0.134. The topological polar surface area (TPSA) is 49.4 Å².